The number of hydrogen-bond donors (Lipinski definition) is 3. The summed E-state index contributed by atoms with van der Waals surface area (Å²) in [4.78, 5) is 31.5. The van der Waals surface area contributed by atoms with Gasteiger partial charge in [-0.1, -0.05) is 32.6 Å². The minimum atomic E-state index is -4.25. The van der Waals surface area contributed by atoms with Crippen LogP contribution in [-0.4, -0.2) is 45.8 Å². The van der Waals surface area contributed by atoms with E-state index in [9.17, 15) is 28.2 Å². The Hall–Kier alpha value is -4.39. The Bertz CT molecular complexity index is 1730. The molecule has 0 spiro atoms. The van der Waals surface area contributed by atoms with E-state index >= 15 is 0 Å². The number of carboxylic acids is 1. The van der Waals surface area contributed by atoms with Gasteiger partial charge >= 0.3 is 5.97 Å². The summed E-state index contributed by atoms with van der Waals surface area (Å²) >= 11 is 0. The number of fused-ring (bicyclic) bond motifs is 1. The fourth-order valence-corrected chi connectivity index (χ4v) is 5.01. The molecule has 0 fully saturated rings. The van der Waals surface area contributed by atoms with E-state index in [4.69, 9.17) is 4.74 Å². The topological polar surface area (TPSA) is 179 Å². The number of aromatic amines is 1. The number of sulfonamides is 1. The van der Waals surface area contributed by atoms with Crippen molar-refractivity contribution in [3.8, 4) is 22.9 Å². The van der Waals surface area contributed by atoms with Crippen LogP contribution in [-0.2, 0) is 22.5 Å². The van der Waals surface area contributed by atoms with E-state index in [0.29, 0.717) is 17.0 Å². The number of hydrogen-bond acceptors (Lipinski definition) is 8. The largest absolute Gasteiger partial charge is 0.872 e. The van der Waals surface area contributed by atoms with Crippen molar-refractivity contribution in [1.29, 1.82) is 0 Å². The van der Waals surface area contributed by atoms with Crippen molar-refractivity contribution in [3.63, 3.8) is 0 Å². The van der Waals surface area contributed by atoms with Crippen LogP contribution in [0.15, 0.2) is 46.1 Å². The number of aryl methyl sites for hydroxylation is 1. The minimum absolute atomic E-state index is 0.0883. The number of aromatic carboxylic acids is 1. The predicted octanol–water partition coefficient (Wildman–Crippen LogP) is 2.59. The lowest BCUT2D eigenvalue weighted by Gasteiger charge is -2.16. The van der Waals surface area contributed by atoms with Crippen molar-refractivity contribution in [3.05, 3.63) is 58.0 Å². The average Bonchev–Trinajstić information content (AvgIpc) is 3.17. The highest BCUT2D eigenvalue weighted by Crippen LogP contribution is 2.33. The maximum Gasteiger partial charge on any atom is 0.335 e. The van der Waals surface area contributed by atoms with Gasteiger partial charge < -0.3 is 19.9 Å². The molecule has 0 radical (unpaired) electrons. The lowest BCUT2D eigenvalue weighted by atomic mass is 9.91. The molecule has 2 aromatic carbocycles. The van der Waals surface area contributed by atoms with Gasteiger partial charge in [0.25, 0.3) is 15.6 Å². The van der Waals surface area contributed by atoms with Crippen LogP contribution < -0.4 is 20.1 Å². The number of rotatable bonds is 7. The monoisotopic (exact) mass is 540 g/mol. The molecule has 0 amide bonds. The normalized spacial score (nSPS) is 12.0. The van der Waals surface area contributed by atoms with Crippen LogP contribution in [0.2, 0.25) is 0 Å². The fourth-order valence-electron chi connectivity index (χ4n) is 3.93. The number of carbonyl (C=O) groups is 1. The molecule has 0 saturated heterocycles. The Morgan fingerprint density at radius 2 is 1.92 bits per heavy atom. The van der Waals surface area contributed by atoms with Crippen LogP contribution in [0.4, 0.5) is 5.69 Å². The Morgan fingerprint density at radius 3 is 2.55 bits per heavy atom. The smallest absolute Gasteiger partial charge is 0.335 e. The van der Waals surface area contributed by atoms with Gasteiger partial charge in [-0.2, -0.15) is 5.10 Å². The van der Waals surface area contributed by atoms with Gasteiger partial charge in [0.15, 0.2) is 5.52 Å². The summed E-state index contributed by atoms with van der Waals surface area (Å²) in [7, 11) is -2.60. The summed E-state index contributed by atoms with van der Waals surface area (Å²) in [5, 5.41) is 25.4. The van der Waals surface area contributed by atoms with Gasteiger partial charge in [-0.3, -0.25) is 14.2 Å². The molecule has 200 valence electrons. The van der Waals surface area contributed by atoms with Gasteiger partial charge in [-0.25, -0.2) is 18.2 Å². The summed E-state index contributed by atoms with van der Waals surface area (Å²) in [5.74, 6) is -1.85. The highest BCUT2D eigenvalue weighted by Gasteiger charge is 2.26. The average molecular weight is 541 g/mol. The van der Waals surface area contributed by atoms with Crippen LogP contribution in [0, 0.1) is 0 Å². The van der Waals surface area contributed by atoms with Crippen LogP contribution in [0.5, 0.6) is 11.5 Å². The van der Waals surface area contributed by atoms with Crippen LogP contribution in [0.25, 0.3) is 22.4 Å². The van der Waals surface area contributed by atoms with Crippen LogP contribution >= 0.6 is 0 Å². The quantitative estimate of drug-likeness (QED) is 0.317. The molecule has 0 aliphatic rings. The van der Waals surface area contributed by atoms with Gasteiger partial charge in [-0.15, -0.1) is 0 Å². The lowest BCUT2D eigenvalue weighted by Crippen LogP contribution is -2.16. The van der Waals surface area contributed by atoms with Crippen molar-refractivity contribution < 1.29 is 28.2 Å². The summed E-state index contributed by atoms with van der Waals surface area (Å²) in [5.41, 5.74) is -0.0771. The number of benzene rings is 2. The summed E-state index contributed by atoms with van der Waals surface area (Å²) in [6, 6.07) is 7.12. The van der Waals surface area contributed by atoms with Crippen molar-refractivity contribution in [2.45, 2.75) is 38.0 Å². The number of ether oxygens (including phenoxy) is 1. The molecule has 38 heavy (non-hydrogen) atoms. The second-order valence-electron chi connectivity index (χ2n) is 9.55. The van der Waals surface area contributed by atoms with E-state index < -0.39 is 38.3 Å². The molecule has 0 aliphatic carbocycles. The number of carboxylic acid groups (broad SMARTS) is 1. The Labute approximate surface area is 218 Å². The SMILES string of the molecule is CCOc1ccc(S(=O)(=O)Nc2ccc([O-])c(C(=O)O)c2)cc1-c1nc2c(C(C)(C)C)nn(C)c2c(=O)[nH]1. The molecule has 4 rings (SSSR count). The molecule has 13 heteroatoms. The number of nitrogens with one attached hydrogen (secondary N) is 2. The molecule has 4 aromatic rings. The van der Waals surface area contributed by atoms with Crippen LogP contribution in [0.1, 0.15) is 43.7 Å². The maximum absolute atomic E-state index is 13.2. The first-order chi connectivity index (χ1) is 17.7. The maximum atomic E-state index is 13.2. The molecule has 0 saturated carbocycles. The van der Waals surface area contributed by atoms with E-state index in [1.807, 2.05) is 20.8 Å². The molecule has 0 unspecified atom stereocenters. The van der Waals surface area contributed by atoms with Crippen molar-refractivity contribution in [1.82, 2.24) is 19.7 Å². The first-order valence-electron chi connectivity index (χ1n) is 11.5. The highest BCUT2D eigenvalue weighted by atomic mass is 32.2. The van der Waals surface area contributed by atoms with Gasteiger partial charge in [-0.05, 0) is 37.3 Å². The van der Waals surface area contributed by atoms with Crippen molar-refractivity contribution >= 4 is 32.7 Å². The molecule has 0 aliphatic heterocycles. The highest BCUT2D eigenvalue weighted by molar-refractivity contribution is 7.92. The molecular formula is C25H26N5O7S-. The van der Waals surface area contributed by atoms with Crippen molar-refractivity contribution in [2.75, 3.05) is 11.3 Å². The molecule has 2 aromatic heterocycles. The van der Waals surface area contributed by atoms with Gasteiger partial charge in [0.05, 0.1) is 28.3 Å². The third-order valence-corrected chi connectivity index (χ3v) is 7.06. The minimum Gasteiger partial charge on any atom is -0.872 e. The first kappa shape index (κ1) is 26.7. The van der Waals surface area contributed by atoms with Gasteiger partial charge in [0.1, 0.15) is 17.1 Å². The van der Waals surface area contributed by atoms with E-state index in [-0.39, 0.29) is 34.1 Å². The van der Waals surface area contributed by atoms with Gasteiger partial charge in [0.2, 0.25) is 0 Å². The second-order valence-corrected chi connectivity index (χ2v) is 11.2. The Balaban J connectivity index is 1.86. The second kappa shape index (κ2) is 9.49. The lowest BCUT2D eigenvalue weighted by molar-refractivity contribution is -0.268. The third kappa shape index (κ3) is 4.92. The Morgan fingerprint density at radius 1 is 1.21 bits per heavy atom. The zero-order valence-corrected chi connectivity index (χ0v) is 22.1. The molecular weight excluding hydrogens is 514 g/mol. The van der Waals surface area contributed by atoms with E-state index in [1.165, 1.54) is 28.9 Å². The zero-order chi connectivity index (χ0) is 28.0. The predicted molar refractivity (Wildman–Crippen MR) is 138 cm³/mol. The number of H-pyrrole nitrogens is 1. The third-order valence-electron chi connectivity index (χ3n) is 5.68. The summed E-state index contributed by atoms with van der Waals surface area (Å²) in [6.07, 6.45) is 0. The molecule has 0 atom stereocenters. The number of aromatic nitrogens is 4. The molecule has 3 N–H and O–H groups in total. The molecule has 12 nitrogen and oxygen atoms in total. The standard InChI is InChI=1S/C25H27N5O7S/c1-6-37-18-10-8-14(38(35,36)29-13-7-9-17(31)15(11-13)24(33)34)12-16(18)22-26-19-20(23(32)27-22)30(5)28-21(19)25(2,3)4/h7-12,29,31H,6H2,1-5H3,(H,33,34)(H,26,27,32)/p-1. The summed E-state index contributed by atoms with van der Waals surface area (Å²) in [6.45, 7) is 7.85. The number of nitrogens with zero attached hydrogens (tertiary/aromatic N) is 3. The zero-order valence-electron chi connectivity index (χ0n) is 21.3. The fraction of sp³-hybridized carbons (Fsp3) is 0.280. The summed E-state index contributed by atoms with van der Waals surface area (Å²) < 4.78 is 35.8. The molecule has 2 heterocycles. The van der Waals surface area contributed by atoms with E-state index in [0.717, 1.165) is 12.1 Å². The van der Waals surface area contributed by atoms with Crippen molar-refractivity contribution in [2.24, 2.45) is 7.05 Å². The van der Waals surface area contributed by atoms with E-state index in [1.54, 1.807) is 14.0 Å². The number of anilines is 1. The van der Waals surface area contributed by atoms with Crippen LogP contribution in [0.3, 0.4) is 0 Å². The first-order valence-corrected chi connectivity index (χ1v) is 13.0. The van der Waals surface area contributed by atoms with Gasteiger partial charge in [0, 0.05) is 18.2 Å². The van der Waals surface area contributed by atoms with E-state index in [2.05, 4.69) is 19.8 Å². The Kier molecular flexibility index (Phi) is 6.66. The molecule has 0 bridgehead atoms.